The first-order chi connectivity index (χ1) is 15.0. The summed E-state index contributed by atoms with van der Waals surface area (Å²) in [5.74, 6) is 0. The van der Waals surface area contributed by atoms with Crippen LogP contribution in [0.5, 0.6) is 0 Å². The van der Waals surface area contributed by atoms with Gasteiger partial charge in [0.05, 0.1) is 0 Å². The maximum absolute atomic E-state index is 15.1. The molecular formula is C23H21FN5O2+. The van der Waals surface area contributed by atoms with Crippen LogP contribution in [0.3, 0.4) is 0 Å². The lowest BCUT2D eigenvalue weighted by Gasteiger charge is -2.40. The van der Waals surface area contributed by atoms with Crippen LogP contribution >= 0.6 is 0 Å². The van der Waals surface area contributed by atoms with Crippen LogP contribution in [0.15, 0.2) is 72.0 Å². The summed E-state index contributed by atoms with van der Waals surface area (Å²) < 4.78 is 14.9. The van der Waals surface area contributed by atoms with Crippen LogP contribution in [0, 0.1) is 0 Å². The van der Waals surface area contributed by atoms with Gasteiger partial charge in [-0.1, -0.05) is 24.3 Å². The molecule has 0 radical (unpaired) electrons. The Morgan fingerprint density at radius 3 is 2.71 bits per heavy atom. The molecule has 3 atom stereocenters. The lowest BCUT2D eigenvalue weighted by molar-refractivity contribution is 0.102. The number of benzene rings is 2. The monoisotopic (exact) mass is 418 g/mol. The fourth-order valence-corrected chi connectivity index (χ4v) is 4.39. The molecule has 8 heteroatoms. The van der Waals surface area contributed by atoms with E-state index in [2.05, 4.69) is 20.7 Å². The third-order valence-electron chi connectivity index (χ3n) is 5.82. The molecule has 0 aliphatic carbocycles. The Morgan fingerprint density at radius 1 is 1.10 bits per heavy atom. The van der Waals surface area contributed by atoms with Crippen molar-refractivity contribution in [3.05, 3.63) is 89.2 Å². The normalized spacial score (nSPS) is 23.6. The standard InChI is InChI=1S/C23H20FN5O2/c24-21-14-29(28-23(30)31,13-15-3-1-2-4-19(15)21)18-5-6-20-16(11-18)12-26-22(20)27-17-7-9-25-10-8-17/h1-12,21-22,28H,13-14H2,(H-,25,27,30,31)/p+1. The number of hydrogen-bond acceptors (Lipinski definition) is 4. The van der Waals surface area contributed by atoms with Gasteiger partial charge in [0.15, 0.2) is 11.9 Å². The van der Waals surface area contributed by atoms with Gasteiger partial charge in [-0.05, 0) is 18.2 Å². The zero-order valence-electron chi connectivity index (χ0n) is 16.6. The number of hydrogen-bond donors (Lipinski definition) is 3. The summed E-state index contributed by atoms with van der Waals surface area (Å²) in [6, 6.07) is 16.7. The SMILES string of the molecule is O=C(O)N[N+]1(c2ccc3c(c2)C=NC3Nc2ccncc2)Cc2ccccc2C(F)C1. The first-order valence-electron chi connectivity index (χ1n) is 9.98. The predicted octanol–water partition coefficient (Wildman–Crippen LogP) is 4.34. The van der Waals surface area contributed by atoms with Crippen molar-refractivity contribution in [2.45, 2.75) is 18.9 Å². The molecule has 7 nitrogen and oxygen atoms in total. The van der Waals surface area contributed by atoms with E-state index in [-0.39, 0.29) is 17.3 Å². The maximum Gasteiger partial charge on any atom is 0.449 e. The highest BCUT2D eigenvalue weighted by molar-refractivity contribution is 5.87. The summed E-state index contributed by atoms with van der Waals surface area (Å²) in [5.41, 5.74) is 7.41. The molecule has 3 heterocycles. The molecule has 1 amide bonds. The fraction of sp³-hybridized carbons (Fsp3) is 0.174. The molecule has 5 rings (SSSR count). The molecule has 1 aromatic heterocycles. The average molecular weight is 418 g/mol. The Labute approximate surface area is 178 Å². The number of alkyl halides is 1. The number of nitrogens with zero attached hydrogens (tertiary/aromatic N) is 3. The molecule has 3 N–H and O–H groups in total. The Bertz CT molecular complexity index is 1170. The van der Waals surface area contributed by atoms with E-state index >= 15 is 4.39 Å². The summed E-state index contributed by atoms with van der Waals surface area (Å²) in [4.78, 5) is 20.2. The molecular weight excluding hydrogens is 397 g/mol. The Balaban J connectivity index is 1.50. The first kappa shape index (κ1) is 19.2. The number of amides is 1. The number of aromatic nitrogens is 1. The van der Waals surface area contributed by atoms with Crippen molar-refractivity contribution >= 4 is 23.7 Å². The van der Waals surface area contributed by atoms with Crippen LogP contribution in [0.25, 0.3) is 0 Å². The number of anilines is 1. The lowest BCUT2D eigenvalue weighted by Crippen LogP contribution is -2.63. The molecule has 3 aromatic rings. The van der Waals surface area contributed by atoms with Crippen molar-refractivity contribution in [3.8, 4) is 0 Å². The summed E-state index contributed by atoms with van der Waals surface area (Å²) >= 11 is 0. The molecule has 2 aliphatic heterocycles. The van der Waals surface area contributed by atoms with E-state index in [1.807, 2.05) is 42.5 Å². The summed E-state index contributed by atoms with van der Waals surface area (Å²) in [5, 5.41) is 12.9. The van der Waals surface area contributed by atoms with Gasteiger partial charge in [-0.3, -0.25) is 9.98 Å². The Kier molecular flexibility index (Phi) is 4.63. The predicted molar refractivity (Wildman–Crippen MR) is 116 cm³/mol. The molecule has 3 unspecified atom stereocenters. The second kappa shape index (κ2) is 7.48. The van der Waals surface area contributed by atoms with E-state index in [1.54, 1.807) is 30.7 Å². The number of quaternary nitrogens is 1. The number of rotatable bonds is 4. The molecule has 0 saturated heterocycles. The van der Waals surface area contributed by atoms with Gasteiger partial charge < -0.3 is 10.4 Å². The van der Waals surface area contributed by atoms with E-state index in [1.165, 1.54) is 0 Å². The van der Waals surface area contributed by atoms with Gasteiger partial charge in [0.1, 0.15) is 19.3 Å². The molecule has 0 fully saturated rings. The topological polar surface area (TPSA) is 86.6 Å². The van der Waals surface area contributed by atoms with Crippen LogP contribution in [0.2, 0.25) is 0 Å². The molecule has 156 valence electrons. The van der Waals surface area contributed by atoms with Crippen molar-refractivity contribution in [2.75, 3.05) is 11.9 Å². The number of nitrogens with one attached hydrogen (secondary N) is 2. The van der Waals surface area contributed by atoms with Crippen LogP contribution < -0.4 is 15.3 Å². The molecule has 2 aromatic carbocycles. The van der Waals surface area contributed by atoms with Gasteiger partial charge in [-0.2, -0.15) is 10.0 Å². The number of fused-ring (bicyclic) bond motifs is 2. The highest BCUT2D eigenvalue weighted by atomic mass is 19.1. The molecule has 0 spiro atoms. The zero-order valence-corrected chi connectivity index (χ0v) is 16.6. The van der Waals surface area contributed by atoms with Gasteiger partial charge in [0.25, 0.3) is 0 Å². The highest BCUT2D eigenvalue weighted by Crippen LogP contribution is 2.39. The largest absolute Gasteiger partial charge is 0.462 e. The third-order valence-corrected chi connectivity index (χ3v) is 5.82. The van der Waals surface area contributed by atoms with Gasteiger partial charge in [-0.15, -0.1) is 0 Å². The second-order valence-corrected chi connectivity index (χ2v) is 7.77. The second-order valence-electron chi connectivity index (χ2n) is 7.77. The minimum atomic E-state index is -1.28. The summed E-state index contributed by atoms with van der Waals surface area (Å²) in [7, 11) is 0. The van der Waals surface area contributed by atoms with E-state index < -0.39 is 12.3 Å². The number of halogens is 1. The quantitative estimate of drug-likeness (QED) is 0.550. The van der Waals surface area contributed by atoms with Crippen molar-refractivity contribution in [1.82, 2.24) is 15.0 Å². The van der Waals surface area contributed by atoms with Gasteiger partial charge in [0.2, 0.25) is 0 Å². The van der Waals surface area contributed by atoms with Crippen LogP contribution in [-0.4, -0.2) is 28.9 Å². The van der Waals surface area contributed by atoms with Crippen LogP contribution in [-0.2, 0) is 6.54 Å². The molecule has 0 bridgehead atoms. The number of pyridine rings is 1. The zero-order chi connectivity index (χ0) is 21.4. The number of aliphatic imine (C=N–C) groups is 1. The summed E-state index contributed by atoms with van der Waals surface area (Å²) in [6.45, 7) is 0.315. The van der Waals surface area contributed by atoms with E-state index in [9.17, 15) is 9.90 Å². The van der Waals surface area contributed by atoms with E-state index in [0.29, 0.717) is 17.8 Å². The van der Waals surface area contributed by atoms with Crippen LogP contribution in [0.1, 0.15) is 34.6 Å². The van der Waals surface area contributed by atoms with E-state index in [4.69, 9.17) is 0 Å². The minimum absolute atomic E-state index is 0.0159. The number of carbonyl (C=O) groups is 1. The van der Waals surface area contributed by atoms with Crippen LogP contribution in [0.4, 0.5) is 20.6 Å². The lowest BCUT2D eigenvalue weighted by atomic mass is 9.96. The number of carboxylic acid groups (broad SMARTS) is 1. The fourth-order valence-electron chi connectivity index (χ4n) is 4.39. The third kappa shape index (κ3) is 3.51. The Morgan fingerprint density at radius 2 is 1.90 bits per heavy atom. The van der Waals surface area contributed by atoms with Crippen molar-refractivity contribution < 1.29 is 14.3 Å². The van der Waals surface area contributed by atoms with Gasteiger partial charge in [0, 0.05) is 58.7 Å². The van der Waals surface area contributed by atoms with E-state index in [0.717, 1.165) is 22.4 Å². The Hall–Kier alpha value is -3.78. The van der Waals surface area contributed by atoms with Crippen molar-refractivity contribution in [2.24, 2.45) is 4.99 Å². The summed E-state index contributed by atoms with van der Waals surface area (Å²) in [6.07, 6.45) is 2.46. The maximum atomic E-state index is 15.1. The molecule has 0 saturated carbocycles. The average Bonchev–Trinajstić information content (AvgIpc) is 3.16. The van der Waals surface area contributed by atoms with Crippen molar-refractivity contribution in [1.29, 1.82) is 0 Å². The minimum Gasteiger partial charge on any atom is -0.462 e. The van der Waals surface area contributed by atoms with Crippen molar-refractivity contribution in [3.63, 3.8) is 0 Å². The molecule has 2 aliphatic rings. The first-order valence-corrected chi connectivity index (χ1v) is 9.98. The smallest absolute Gasteiger partial charge is 0.449 e. The van der Waals surface area contributed by atoms with Gasteiger partial charge >= 0.3 is 6.09 Å². The van der Waals surface area contributed by atoms with Gasteiger partial charge in [-0.25, -0.2) is 9.18 Å². The highest BCUT2D eigenvalue weighted by Gasteiger charge is 2.43. The molecule has 31 heavy (non-hydrogen) atoms.